The topological polar surface area (TPSA) is 62.5 Å². The molecular weight excluding hydrogens is 376 g/mol. The predicted octanol–water partition coefficient (Wildman–Crippen LogP) is 3.68. The standard InChI is InChI=1S/C24H24N4O2/c1-16-14-21(29)30-23-19(16)8-9-20-22(23)17(2)24(26-25-20)28-12-10-27(11-13-28)15-18-6-4-3-5-7-18/h3-9,14H,10-13,15H2,1-2H3. The average Bonchev–Trinajstić information content (AvgIpc) is 2.75. The van der Waals surface area contributed by atoms with Gasteiger partial charge in [-0.3, -0.25) is 4.90 Å². The van der Waals surface area contributed by atoms with Crippen molar-refractivity contribution in [2.24, 2.45) is 0 Å². The lowest BCUT2D eigenvalue weighted by atomic mass is 10.0. The van der Waals surface area contributed by atoms with Gasteiger partial charge < -0.3 is 9.32 Å². The van der Waals surface area contributed by atoms with Crippen molar-refractivity contribution in [3.63, 3.8) is 0 Å². The molecule has 3 heterocycles. The van der Waals surface area contributed by atoms with E-state index in [2.05, 4.69) is 50.3 Å². The van der Waals surface area contributed by atoms with E-state index in [-0.39, 0.29) is 5.63 Å². The minimum Gasteiger partial charge on any atom is -0.422 e. The third kappa shape index (κ3) is 3.33. The molecule has 0 amide bonds. The van der Waals surface area contributed by atoms with Gasteiger partial charge >= 0.3 is 5.63 Å². The van der Waals surface area contributed by atoms with Crippen LogP contribution in [0.15, 0.2) is 57.7 Å². The molecule has 0 bridgehead atoms. The number of nitrogens with zero attached hydrogens (tertiary/aromatic N) is 4. The maximum atomic E-state index is 12.0. The molecule has 6 nitrogen and oxygen atoms in total. The highest BCUT2D eigenvalue weighted by atomic mass is 16.4. The molecule has 0 saturated carbocycles. The summed E-state index contributed by atoms with van der Waals surface area (Å²) in [5.74, 6) is 0.874. The first kappa shape index (κ1) is 18.8. The Kier molecular flexibility index (Phi) is 4.71. The smallest absolute Gasteiger partial charge is 0.336 e. The van der Waals surface area contributed by atoms with Crippen LogP contribution in [0.3, 0.4) is 0 Å². The number of anilines is 1. The molecule has 4 aromatic rings. The van der Waals surface area contributed by atoms with E-state index in [9.17, 15) is 4.79 Å². The predicted molar refractivity (Wildman–Crippen MR) is 119 cm³/mol. The summed E-state index contributed by atoms with van der Waals surface area (Å²) in [5, 5.41) is 10.8. The van der Waals surface area contributed by atoms with Crippen molar-refractivity contribution < 1.29 is 4.42 Å². The lowest BCUT2D eigenvalue weighted by Gasteiger charge is -2.35. The van der Waals surface area contributed by atoms with Gasteiger partial charge in [0.25, 0.3) is 0 Å². The summed E-state index contributed by atoms with van der Waals surface area (Å²) in [6, 6.07) is 16.0. The Hall–Kier alpha value is -3.25. The highest BCUT2D eigenvalue weighted by Crippen LogP contribution is 2.31. The van der Waals surface area contributed by atoms with Gasteiger partial charge in [-0.15, -0.1) is 10.2 Å². The third-order valence-electron chi connectivity index (χ3n) is 5.98. The molecule has 0 N–H and O–H groups in total. The zero-order valence-corrected chi connectivity index (χ0v) is 17.3. The lowest BCUT2D eigenvalue weighted by molar-refractivity contribution is 0.249. The molecule has 1 aliphatic rings. The molecule has 5 rings (SSSR count). The summed E-state index contributed by atoms with van der Waals surface area (Å²) >= 11 is 0. The molecule has 2 aromatic carbocycles. The highest BCUT2D eigenvalue weighted by Gasteiger charge is 2.22. The van der Waals surface area contributed by atoms with Crippen LogP contribution in [0.2, 0.25) is 0 Å². The van der Waals surface area contributed by atoms with Gasteiger partial charge in [-0.2, -0.15) is 0 Å². The fourth-order valence-electron chi connectivity index (χ4n) is 4.37. The molecule has 1 fully saturated rings. The highest BCUT2D eigenvalue weighted by molar-refractivity contribution is 6.06. The van der Waals surface area contributed by atoms with Crippen molar-refractivity contribution in [3.05, 3.63) is 75.6 Å². The maximum absolute atomic E-state index is 12.0. The van der Waals surface area contributed by atoms with E-state index >= 15 is 0 Å². The maximum Gasteiger partial charge on any atom is 0.336 e. The minimum atomic E-state index is -0.334. The Balaban J connectivity index is 1.46. The van der Waals surface area contributed by atoms with Crippen LogP contribution < -0.4 is 10.5 Å². The van der Waals surface area contributed by atoms with Gasteiger partial charge in [-0.05, 0) is 37.1 Å². The van der Waals surface area contributed by atoms with E-state index in [0.717, 1.165) is 66.0 Å². The Labute approximate surface area is 174 Å². The van der Waals surface area contributed by atoms with Crippen LogP contribution in [0, 0.1) is 13.8 Å². The van der Waals surface area contributed by atoms with Crippen LogP contribution in [0.1, 0.15) is 16.7 Å². The number of rotatable bonds is 3. The van der Waals surface area contributed by atoms with Crippen molar-refractivity contribution in [3.8, 4) is 0 Å². The summed E-state index contributed by atoms with van der Waals surface area (Å²) in [5.41, 5.74) is 4.28. The van der Waals surface area contributed by atoms with E-state index in [1.165, 1.54) is 11.6 Å². The van der Waals surface area contributed by atoms with Crippen LogP contribution in [-0.4, -0.2) is 41.3 Å². The molecule has 0 unspecified atom stereocenters. The first-order valence-corrected chi connectivity index (χ1v) is 10.3. The first-order valence-electron chi connectivity index (χ1n) is 10.3. The Morgan fingerprint density at radius 3 is 2.50 bits per heavy atom. The Morgan fingerprint density at radius 2 is 1.73 bits per heavy atom. The lowest BCUT2D eigenvalue weighted by Crippen LogP contribution is -2.46. The zero-order valence-electron chi connectivity index (χ0n) is 17.3. The van der Waals surface area contributed by atoms with Crippen molar-refractivity contribution in [1.29, 1.82) is 0 Å². The summed E-state index contributed by atoms with van der Waals surface area (Å²) < 4.78 is 5.61. The fourth-order valence-corrected chi connectivity index (χ4v) is 4.37. The van der Waals surface area contributed by atoms with Gasteiger partial charge in [0, 0.05) is 49.7 Å². The number of aromatic nitrogens is 2. The number of hydrogen-bond acceptors (Lipinski definition) is 6. The Bertz CT molecular complexity index is 1280. The van der Waals surface area contributed by atoms with Gasteiger partial charge in [-0.25, -0.2) is 4.79 Å². The summed E-state index contributed by atoms with van der Waals surface area (Å²) in [6.45, 7) is 8.66. The largest absolute Gasteiger partial charge is 0.422 e. The number of aryl methyl sites for hydroxylation is 2. The van der Waals surface area contributed by atoms with Gasteiger partial charge in [-0.1, -0.05) is 30.3 Å². The average molecular weight is 400 g/mol. The molecule has 1 aliphatic heterocycles. The van der Waals surface area contributed by atoms with Crippen molar-refractivity contribution in [2.45, 2.75) is 20.4 Å². The fraction of sp³-hybridized carbons (Fsp3) is 0.292. The number of hydrogen-bond donors (Lipinski definition) is 0. The molecule has 30 heavy (non-hydrogen) atoms. The molecule has 152 valence electrons. The van der Waals surface area contributed by atoms with E-state index in [0.29, 0.717) is 5.58 Å². The van der Waals surface area contributed by atoms with Crippen LogP contribution in [0.4, 0.5) is 5.82 Å². The number of piperazine rings is 1. The van der Waals surface area contributed by atoms with Crippen molar-refractivity contribution in [1.82, 2.24) is 15.1 Å². The molecule has 6 heteroatoms. The van der Waals surface area contributed by atoms with Crippen molar-refractivity contribution in [2.75, 3.05) is 31.1 Å². The molecular formula is C24H24N4O2. The second-order valence-electron chi connectivity index (χ2n) is 7.98. The number of fused-ring (bicyclic) bond motifs is 3. The van der Waals surface area contributed by atoms with Crippen LogP contribution in [0.25, 0.3) is 21.9 Å². The van der Waals surface area contributed by atoms with Crippen molar-refractivity contribution >= 4 is 27.7 Å². The van der Waals surface area contributed by atoms with Gasteiger partial charge in [0.05, 0.1) is 10.9 Å². The van der Waals surface area contributed by atoms with Crippen LogP contribution >= 0.6 is 0 Å². The van der Waals surface area contributed by atoms with Gasteiger partial charge in [0.2, 0.25) is 0 Å². The second kappa shape index (κ2) is 7.54. The van der Waals surface area contributed by atoms with Gasteiger partial charge in [0.15, 0.2) is 5.82 Å². The molecule has 0 spiro atoms. The molecule has 0 atom stereocenters. The van der Waals surface area contributed by atoms with E-state index in [1.807, 2.05) is 26.0 Å². The number of benzene rings is 2. The summed E-state index contributed by atoms with van der Waals surface area (Å²) in [6.07, 6.45) is 0. The van der Waals surface area contributed by atoms with E-state index in [4.69, 9.17) is 4.42 Å². The Morgan fingerprint density at radius 1 is 0.967 bits per heavy atom. The quantitative estimate of drug-likeness (QED) is 0.386. The molecule has 2 aromatic heterocycles. The van der Waals surface area contributed by atoms with Gasteiger partial charge in [0.1, 0.15) is 5.58 Å². The summed E-state index contributed by atoms with van der Waals surface area (Å²) in [7, 11) is 0. The summed E-state index contributed by atoms with van der Waals surface area (Å²) in [4.78, 5) is 16.8. The second-order valence-corrected chi connectivity index (χ2v) is 7.98. The van der Waals surface area contributed by atoms with Crippen LogP contribution in [-0.2, 0) is 6.54 Å². The normalized spacial score (nSPS) is 15.2. The zero-order chi connectivity index (χ0) is 20.7. The van der Waals surface area contributed by atoms with Crippen LogP contribution in [0.5, 0.6) is 0 Å². The van der Waals surface area contributed by atoms with E-state index in [1.54, 1.807) is 0 Å². The first-order chi connectivity index (χ1) is 14.6. The van der Waals surface area contributed by atoms with E-state index < -0.39 is 0 Å². The molecule has 0 aliphatic carbocycles. The molecule has 0 radical (unpaired) electrons. The minimum absolute atomic E-state index is 0.334. The third-order valence-corrected chi connectivity index (χ3v) is 5.98. The monoisotopic (exact) mass is 400 g/mol. The molecule has 1 saturated heterocycles. The SMILES string of the molecule is Cc1cc(=O)oc2c1ccc1nnc(N3CCN(Cc4ccccc4)CC3)c(C)c12.